The normalized spacial score (nSPS) is 11.7. The second-order valence-electron chi connectivity index (χ2n) is 8.16. The fourth-order valence-corrected chi connectivity index (χ4v) is 2.74. The highest BCUT2D eigenvalue weighted by molar-refractivity contribution is 5.90. The average Bonchev–Trinajstić information content (AvgIpc) is 2.68. The van der Waals surface area contributed by atoms with E-state index in [4.69, 9.17) is 4.74 Å². The standard InChI is InChI=1S/C23H27F3N2O3/c1-22(2,3)17-9-11-19(12-10-17)31-13-5-8-20(29)28-18-7-4-6-16(14-18)15-27-21(30)23(24,25)26/h4,6-7,9-12,14H,5,8,13,15H2,1-3H3,(H,27,30)(H,28,29). The van der Waals surface area contributed by atoms with E-state index < -0.39 is 12.1 Å². The van der Waals surface area contributed by atoms with Gasteiger partial charge in [-0.3, -0.25) is 9.59 Å². The lowest BCUT2D eigenvalue weighted by Crippen LogP contribution is -2.36. The van der Waals surface area contributed by atoms with Crippen molar-refractivity contribution in [2.45, 2.75) is 51.7 Å². The number of hydrogen-bond donors (Lipinski definition) is 2. The van der Waals surface area contributed by atoms with Crippen LogP contribution >= 0.6 is 0 Å². The van der Waals surface area contributed by atoms with Gasteiger partial charge >= 0.3 is 12.1 Å². The molecule has 5 nitrogen and oxygen atoms in total. The number of halogens is 3. The molecule has 0 fully saturated rings. The lowest BCUT2D eigenvalue weighted by atomic mass is 9.87. The van der Waals surface area contributed by atoms with Gasteiger partial charge < -0.3 is 15.4 Å². The monoisotopic (exact) mass is 436 g/mol. The molecule has 31 heavy (non-hydrogen) atoms. The highest BCUT2D eigenvalue weighted by Gasteiger charge is 2.38. The van der Waals surface area contributed by atoms with Crippen molar-refractivity contribution >= 4 is 17.5 Å². The highest BCUT2D eigenvalue weighted by Crippen LogP contribution is 2.24. The van der Waals surface area contributed by atoms with E-state index in [0.29, 0.717) is 24.3 Å². The number of amides is 2. The van der Waals surface area contributed by atoms with Crippen LogP contribution in [0.2, 0.25) is 0 Å². The van der Waals surface area contributed by atoms with Gasteiger partial charge in [0.05, 0.1) is 6.61 Å². The van der Waals surface area contributed by atoms with Crippen molar-refractivity contribution in [2.24, 2.45) is 0 Å². The predicted octanol–water partition coefficient (Wildman–Crippen LogP) is 4.96. The Bertz CT molecular complexity index is 888. The van der Waals surface area contributed by atoms with Gasteiger partial charge in [0.1, 0.15) is 5.75 Å². The van der Waals surface area contributed by atoms with Gasteiger partial charge in [-0.15, -0.1) is 0 Å². The molecule has 0 radical (unpaired) electrons. The minimum atomic E-state index is -4.93. The second-order valence-corrected chi connectivity index (χ2v) is 8.16. The van der Waals surface area contributed by atoms with Gasteiger partial charge in [0.15, 0.2) is 0 Å². The van der Waals surface area contributed by atoms with E-state index in [2.05, 4.69) is 26.1 Å². The summed E-state index contributed by atoms with van der Waals surface area (Å²) >= 11 is 0. The van der Waals surface area contributed by atoms with Gasteiger partial charge in [-0.1, -0.05) is 45.0 Å². The first-order chi connectivity index (χ1) is 14.4. The van der Waals surface area contributed by atoms with Crippen molar-refractivity contribution < 1.29 is 27.5 Å². The molecule has 0 spiro atoms. The first-order valence-electron chi connectivity index (χ1n) is 9.92. The van der Waals surface area contributed by atoms with Crippen molar-refractivity contribution in [1.29, 1.82) is 0 Å². The van der Waals surface area contributed by atoms with Crippen molar-refractivity contribution in [3.05, 3.63) is 59.7 Å². The summed E-state index contributed by atoms with van der Waals surface area (Å²) in [4.78, 5) is 23.0. The lowest BCUT2D eigenvalue weighted by Gasteiger charge is -2.19. The number of carbonyl (C=O) groups excluding carboxylic acids is 2. The van der Waals surface area contributed by atoms with Crippen molar-refractivity contribution in [3.8, 4) is 5.75 Å². The molecular formula is C23H27F3N2O3. The van der Waals surface area contributed by atoms with Gasteiger partial charge in [0.2, 0.25) is 5.91 Å². The van der Waals surface area contributed by atoms with Crippen LogP contribution < -0.4 is 15.4 Å². The summed E-state index contributed by atoms with van der Waals surface area (Å²) in [6.45, 7) is 6.50. The third kappa shape index (κ3) is 8.32. The average molecular weight is 436 g/mol. The van der Waals surface area contributed by atoms with Crippen LogP contribution in [-0.2, 0) is 21.5 Å². The number of alkyl halides is 3. The number of ether oxygens (including phenoxy) is 1. The largest absolute Gasteiger partial charge is 0.494 e. The Morgan fingerprint density at radius 3 is 2.29 bits per heavy atom. The fourth-order valence-electron chi connectivity index (χ4n) is 2.74. The first kappa shape index (κ1) is 24.2. The summed E-state index contributed by atoms with van der Waals surface area (Å²) in [6, 6.07) is 14.1. The molecule has 2 rings (SSSR count). The Labute approximate surface area is 180 Å². The SMILES string of the molecule is CC(C)(C)c1ccc(OCCCC(=O)Nc2cccc(CNC(=O)C(F)(F)F)c2)cc1. The zero-order valence-electron chi connectivity index (χ0n) is 17.8. The van der Waals surface area contributed by atoms with Crippen LogP contribution in [0.15, 0.2) is 48.5 Å². The van der Waals surface area contributed by atoms with Crippen LogP contribution in [0.25, 0.3) is 0 Å². The summed E-state index contributed by atoms with van der Waals surface area (Å²) in [6.07, 6.45) is -4.19. The molecule has 0 aromatic heterocycles. The van der Waals surface area contributed by atoms with Gasteiger partial charge in [-0.05, 0) is 47.2 Å². The molecule has 0 saturated heterocycles. The van der Waals surface area contributed by atoms with Gasteiger partial charge in [-0.2, -0.15) is 13.2 Å². The Morgan fingerprint density at radius 1 is 1.00 bits per heavy atom. The molecule has 8 heteroatoms. The van der Waals surface area contributed by atoms with Crippen LogP contribution in [-0.4, -0.2) is 24.6 Å². The summed E-state index contributed by atoms with van der Waals surface area (Å²) in [5.74, 6) is -1.50. The second kappa shape index (κ2) is 10.3. The lowest BCUT2D eigenvalue weighted by molar-refractivity contribution is -0.173. The third-order valence-electron chi connectivity index (χ3n) is 4.46. The summed E-state index contributed by atoms with van der Waals surface area (Å²) < 4.78 is 42.4. The number of hydrogen-bond acceptors (Lipinski definition) is 3. The quantitative estimate of drug-likeness (QED) is 0.575. The third-order valence-corrected chi connectivity index (χ3v) is 4.46. The fraction of sp³-hybridized carbons (Fsp3) is 0.391. The number of rotatable bonds is 8. The molecule has 2 aromatic rings. The predicted molar refractivity (Wildman–Crippen MR) is 113 cm³/mol. The van der Waals surface area contributed by atoms with E-state index >= 15 is 0 Å². The molecule has 0 aliphatic rings. The van der Waals surface area contributed by atoms with Crippen LogP contribution in [0.1, 0.15) is 44.7 Å². The zero-order chi connectivity index (χ0) is 23.1. The molecule has 0 atom stereocenters. The smallest absolute Gasteiger partial charge is 0.471 e. The maximum Gasteiger partial charge on any atom is 0.471 e. The van der Waals surface area contributed by atoms with E-state index in [1.165, 1.54) is 11.6 Å². The van der Waals surface area contributed by atoms with Crippen LogP contribution in [0.4, 0.5) is 18.9 Å². The van der Waals surface area contributed by atoms with E-state index in [1.54, 1.807) is 23.5 Å². The zero-order valence-corrected chi connectivity index (χ0v) is 17.8. The van der Waals surface area contributed by atoms with Gasteiger partial charge in [-0.25, -0.2) is 0 Å². The first-order valence-corrected chi connectivity index (χ1v) is 9.92. The van der Waals surface area contributed by atoms with Crippen LogP contribution in [0.5, 0.6) is 5.75 Å². The van der Waals surface area contributed by atoms with E-state index in [-0.39, 0.29) is 24.3 Å². The minimum absolute atomic E-state index is 0.0673. The van der Waals surface area contributed by atoms with E-state index in [1.807, 2.05) is 24.3 Å². The van der Waals surface area contributed by atoms with Crippen molar-refractivity contribution in [3.63, 3.8) is 0 Å². The van der Waals surface area contributed by atoms with Gasteiger partial charge in [0, 0.05) is 18.7 Å². The molecular weight excluding hydrogens is 409 g/mol. The Kier molecular flexibility index (Phi) is 8.08. The number of carbonyl (C=O) groups is 2. The Balaban J connectivity index is 1.74. The molecule has 0 heterocycles. The molecule has 0 bridgehead atoms. The Morgan fingerprint density at radius 2 is 1.68 bits per heavy atom. The molecule has 0 aliphatic carbocycles. The maximum atomic E-state index is 12.2. The van der Waals surface area contributed by atoms with Crippen LogP contribution in [0.3, 0.4) is 0 Å². The maximum absolute atomic E-state index is 12.2. The summed E-state index contributed by atoms with van der Waals surface area (Å²) in [5, 5.41) is 4.49. The summed E-state index contributed by atoms with van der Waals surface area (Å²) in [5.41, 5.74) is 2.16. The molecule has 0 aliphatic heterocycles. The number of anilines is 1. The van der Waals surface area contributed by atoms with E-state index in [9.17, 15) is 22.8 Å². The molecule has 2 amide bonds. The Hall–Kier alpha value is -3.03. The molecule has 168 valence electrons. The molecule has 2 aromatic carbocycles. The number of nitrogens with one attached hydrogen (secondary N) is 2. The molecule has 0 unspecified atom stereocenters. The molecule has 2 N–H and O–H groups in total. The van der Waals surface area contributed by atoms with Crippen molar-refractivity contribution in [1.82, 2.24) is 5.32 Å². The highest BCUT2D eigenvalue weighted by atomic mass is 19.4. The minimum Gasteiger partial charge on any atom is -0.494 e. The molecule has 0 saturated carbocycles. The number of benzene rings is 2. The summed E-state index contributed by atoms with van der Waals surface area (Å²) in [7, 11) is 0. The van der Waals surface area contributed by atoms with Gasteiger partial charge in [0.25, 0.3) is 0 Å². The topological polar surface area (TPSA) is 67.4 Å². The van der Waals surface area contributed by atoms with E-state index in [0.717, 1.165) is 5.75 Å². The van der Waals surface area contributed by atoms with Crippen LogP contribution in [0, 0.1) is 0 Å². The van der Waals surface area contributed by atoms with Crippen molar-refractivity contribution in [2.75, 3.05) is 11.9 Å².